The van der Waals surface area contributed by atoms with Crippen molar-refractivity contribution < 1.29 is 9.90 Å². The third-order valence-corrected chi connectivity index (χ3v) is 2.31. The predicted molar refractivity (Wildman–Crippen MR) is 57.9 cm³/mol. The number of hydrogen-bond donors (Lipinski definition) is 1. The summed E-state index contributed by atoms with van der Waals surface area (Å²) in [5, 5.41) is 13.0. The topological polar surface area (TPSA) is 55.1 Å². The average molecular weight is 210 g/mol. The predicted octanol–water partition coefficient (Wildman–Crippen LogP) is 2.04. The van der Waals surface area contributed by atoms with Gasteiger partial charge in [-0.25, -0.2) is 0 Å². The number of rotatable bonds is 5. The quantitative estimate of drug-likeness (QED) is 0.809. The molecule has 1 rings (SSSR count). The van der Waals surface area contributed by atoms with Crippen LogP contribution in [0, 0.1) is 0 Å². The highest BCUT2D eigenvalue weighted by atomic mass is 16.4. The second-order valence-corrected chi connectivity index (χ2v) is 3.91. The molecule has 0 bridgehead atoms. The number of carboxylic acid groups (broad SMARTS) is 1. The van der Waals surface area contributed by atoms with Gasteiger partial charge in [0.2, 0.25) is 0 Å². The summed E-state index contributed by atoms with van der Waals surface area (Å²) in [7, 11) is 0. The zero-order valence-corrected chi connectivity index (χ0v) is 9.53. The van der Waals surface area contributed by atoms with Gasteiger partial charge in [-0.3, -0.25) is 9.48 Å². The molecule has 1 N–H and O–H groups in total. The number of aryl methyl sites for hydroxylation is 2. The van der Waals surface area contributed by atoms with E-state index < -0.39 is 5.97 Å². The largest absolute Gasteiger partial charge is 0.481 e. The standard InChI is InChI=1S/C11H18N2O2/c1-4-10-7-9(5-6-11(14)15)12-13(10)8(2)3/h7-8H,4-6H2,1-3H3,(H,14,15). The van der Waals surface area contributed by atoms with Gasteiger partial charge in [0.05, 0.1) is 12.1 Å². The summed E-state index contributed by atoms with van der Waals surface area (Å²) in [4.78, 5) is 10.4. The number of nitrogens with zero attached hydrogens (tertiary/aromatic N) is 2. The smallest absolute Gasteiger partial charge is 0.303 e. The maximum Gasteiger partial charge on any atom is 0.303 e. The van der Waals surface area contributed by atoms with Gasteiger partial charge >= 0.3 is 5.97 Å². The zero-order chi connectivity index (χ0) is 11.4. The lowest BCUT2D eigenvalue weighted by Crippen LogP contribution is -2.07. The Morgan fingerprint density at radius 1 is 1.60 bits per heavy atom. The Hall–Kier alpha value is -1.32. The van der Waals surface area contributed by atoms with E-state index in [1.54, 1.807) is 0 Å². The van der Waals surface area contributed by atoms with Crippen molar-refractivity contribution in [2.24, 2.45) is 0 Å². The van der Waals surface area contributed by atoms with E-state index in [2.05, 4.69) is 25.9 Å². The lowest BCUT2D eigenvalue weighted by Gasteiger charge is -2.08. The highest BCUT2D eigenvalue weighted by molar-refractivity contribution is 5.66. The van der Waals surface area contributed by atoms with Crippen LogP contribution in [0.25, 0.3) is 0 Å². The first-order valence-electron chi connectivity index (χ1n) is 5.33. The van der Waals surface area contributed by atoms with Gasteiger partial charge in [0, 0.05) is 18.2 Å². The number of aromatic nitrogens is 2. The molecule has 1 aromatic heterocycles. The van der Waals surface area contributed by atoms with Crippen LogP contribution in [0.5, 0.6) is 0 Å². The SMILES string of the molecule is CCc1cc(CCC(=O)O)nn1C(C)C. The average Bonchev–Trinajstić information content (AvgIpc) is 2.57. The van der Waals surface area contributed by atoms with Gasteiger partial charge in [-0.1, -0.05) is 6.92 Å². The minimum absolute atomic E-state index is 0.151. The van der Waals surface area contributed by atoms with Crippen LogP contribution in [0.3, 0.4) is 0 Å². The van der Waals surface area contributed by atoms with Crippen LogP contribution in [0.4, 0.5) is 0 Å². The Labute approximate surface area is 89.9 Å². The molecule has 0 unspecified atom stereocenters. The number of carbonyl (C=O) groups is 1. The van der Waals surface area contributed by atoms with Crippen molar-refractivity contribution >= 4 is 5.97 Å². The van der Waals surface area contributed by atoms with Crippen molar-refractivity contribution in [1.82, 2.24) is 9.78 Å². The first-order valence-corrected chi connectivity index (χ1v) is 5.33. The summed E-state index contributed by atoms with van der Waals surface area (Å²) in [5.74, 6) is -0.771. The van der Waals surface area contributed by atoms with Crippen LogP contribution < -0.4 is 0 Å². The molecule has 84 valence electrons. The van der Waals surface area contributed by atoms with Gasteiger partial charge in [0.25, 0.3) is 0 Å². The summed E-state index contributed by atoms with van der Waals surface area (Å²) in [5.41, 5.74) is 2.05. The molecule has 0 aliphatic rings. The number of hydrogen-bond acceptors (Lipinski definition) is 2. The maximum atomic E-state index is 10.4. The van der Waals surface area contributed by atoms with E-state index in [0.717, 1.165) is 12.1 Å². The van der Waals surface area contributed by atoms with Crippen LogP contribution in [0.15, 0.2) is 6.07 Å². The van der Waals surface area contributed by atoms with Crippen molar-refractivity contribution in [1.29, 1.82) is 0 Å². The molecule has 0 aliphatic heterocycles. The fourth-order valence-electron chi connectivity index (χ4n) is 1.56. The third-order valence-electron chi connectivity index (χ3n) is 2.31. The highest BCUT2D eigenvalue weighted by Crippen LogP contribution is 2.13. The summed E-state index contributed by atoms with van der Waals surface area (Å²) >= 11 is 0. The molecular weight excluding hydrogens is 192 g/mol. The molecule has 15 heavy (non-hydrogen) atoms. The van der Waals surface area contributed by atoms with Gasteiger partial charge in [-0.05, 0) is 26.3 Å². The molecule has 0 radical (unpaired) electrons. The Bertz CT molecular complexity index is 342. The Kier molecular flexibility index (Phi) is 3.88. The Balaban J connectivity index is 2.78. The first kappa shape index (κ1) is 11.8. The second-order valence-electron chi connectivity index (χ2n) is 3.91. The van der Waals surface area contributed by atoms with E-state index in [0.29, 0.717) is 12.5 Å². The minimum Gasteiger partial charge on any atom is -0.481 e. The lowest BCUT2D eigenvalue weighted by molar-refractivity contribution is -0.136. The molecule has 1 heterocycles. The third kappa shape index (κ3) is 3.08. The van der Waals surface area contributed by atoms with Crippen molar-refractivity contribution in [3.05, 3.63) is 17.5 Å². The highest BCUT2D eigenvalue weighted by Gasteiger charge is 2.09. The van der Waals surface area contributed by atoms with Crippen LogP contribution in [0.1, 0.15) is 44.6 Å². The summed E-state index contributed by atoms with van der Waals surface area (Å²) in [6.45, 7) is 6.23. The van der Waals surface area contributed by atoms with Crippen LogP contribution in [-0.2, 0) is 17.6 Å². The molecule has 0 atom stereocenters. The zero-order valence-electron chi connectivity index (χ0n) is 9.53. The second kappa shape index (κ2) is 4.96. The van der Waals surface area contributed by atoms with Crippen molar-refractivity contribution in [3.63, 3.8) is 0 Å². The fraction of sp³-hybridized carbons (Fsp3) is 0.636. The van der Waals surface area contributed by atoms with E-state index in [1.165, 1.54) is 5.69 Å². The Morgan fingerprint density at radius 2 is 2.27 bits per heavy atom. The molecule has 0 spiro atoms. The first-order chi connectivity index (χ1) is 7.04. The lowest BCUT2D eigenvalue weighted by atomic mass is 10.2. The molecule has 1 aromatic rings. The van der Waals surface area contributed by atoms with Crippen molar-refractivity contribution in [2.45, 2.75) is 46.1 Å². The van der Waals surface area contributed by atoms with Gasteiger partial charge in [-0.2, -0.15) is 5.10 Å². The van der Waals surface area contributed by atoms with Crippen LogP contribution in [-0.4, -0.2) is 20.9 Å². The van der Waals surface area contributed by atoms with Crippen molar-refractivity contribution in [2.75, 3.05) is 0 Å². The molecular formula is C11H18N2O2. The van der Waals surface area contributed by atoms with E-state index in [9.17, 15) is 4.79 Å². The molecule has 0 fully saturated rings. The summed E-state index contributed by atoms with van der Waals surface area (Å²) < 4.78 is 1.97. The van der Waals surface area contributed by atoms with Crippen LogP contribution >= 0.6 is 0 Å². The minimum atomic E-state index is -0.771. The van der Waals surface area contributed by atoms with Crippen molar-refractivity contribution in [3.8, 4) is 0 Å². The molecule has 4 heteroatoms. The molecule has 0 amide bonds. The monoisotopic (exact) mass is 210 g/mol. The molecule has 0 aliphatic carbocycles. The summed E-state index contributed by atoms with van der Waals surface area (Å²) in [6.07, 6.45) is 1.60. The molecule has 0 aromatic carbocycles. The number of carboxylic acids is 1. The van der Waals surface area contributed by atoms with Gasteiger partial charge in [0.15, 0.2) is 0 Å². The molecule has 0 saturated heterocycles. The molecule has 4 nitrogen and oxygen atoms in total. The normalized spacial score (nSPS) is 10.9. The van der Waals surface area contributed by atoms with Gasteiger partial charge in [0.1, 0.15) is 0 Å². The van der Waals surface area contributed by atoms with E-state index in [4.69, 9.17) is 5.11 Å². The number of aliphatic carboxylic acids is 1. The molecule has 0 saturated carbocycles. The summed E-state index contributed by atoms with van der Waals surface area (Å²) in [6, 6.07) is 2.33. The maximum absolute atomic E-state index is 10.4. The Morgan fingerprint density at radius 3 is 2.67 bits per heavy atom. The van der Waals surface area contributed by atoms with E-state index >= 15 is 0 Å². The fourth-order valence-corrected chi connectivity index (χ4v) is 1.56. The van der Waals surface area contributed by atoms with Gasteiger partial charge < -0.3 is 5.11 Å². The van der Waals surface area contributed by atoms with Crippen LogP contribution in [0.2, 0.25) is 0 Å². The van der Waals surface area contributed by atoms with Gasteiger partial charge in [-0.15, -0.1) is 0 Å². The van der Waals surface area contributed by atoms with E-state index in [1.807, 2.05) is 10.7 Å². The van der Waals surface area contributed by atoms with E-state index in [-0.39, 0.29) is 6.42 Å².